The number of aryl methyl sites for hydroxylation is 1. The van der Waals surface area contributed by atoms with Crippen LogP contribution in [0, 0.1) is 29.1 Å². The monoisotopic (exact) mass is 463 g/mol. The highest BCUT2D eigenvalue weighted by molar-refractivity contribution is 9.10. The molecule has 3 aromatic rings. The summed E-state index contributed by atoms with van der Waals surface area (Å²) in [6.07, 6.45) is 2.82. The Balaban J connectivity index is 1.80. The summed E-state index contributed by atoms with van der Waals surface area (Å²) in [6, 6.07) is 1.30. The number of nitrogens with zero attached hydrogens (tertiary/aromatic N) is 4. The van der Waals surface area contributed by atoms with Crippen LogP contribution in [-0.2, 0) is 13.1 Å². The molecule has 28 heavy (non-hydrogen) atoms. The van der Waals surface area contributed by atoms with Gasteiger partial charge in [0.05, 0.1) is 16.6 Å². The van der Waals surface area contributed by atoms with E-state index in [1.54, 1.807) is 6.20 Å². The molecular formula is C16H11BrF5N5O. The van der Waals surface area contributed by atoms with Gasteiger partial charge in [-0.05, 0) is 22.9 Å². The number of amides is 1. The largest absolute Gasteiger partial charge is 0.304 e. The van der Waals surface area contributed by atoms with Crippen molar-refractivity contribution >= 4 is 27.7 Å². The van der Waals surface area contributed by atoms with E-state index in [4.69, 9.17) is 0 Å². The average molecular weight is 464 g/mol. The van der Waals surface area contributed by atoms with Gasteiger partial charge in [-0.15, -0.1) is 0 Å². The van der Waals surface area contributed by atoms with Gasteiger partial charge >= 0.3 is 0 Å². The van der Waals surface area contributed by atoms with Gasteiger partial charge in [0.1, 0.15) is 0 Å². The topological polar surface area (TPSA) is 64.7 Å². The second kappa shape index (κ2) is 7.70. The molecule has 0 unspecified atom stereocenters. The minimum Gasteiger partial charge on any atom is -0.304 e. The number of carbonyl (C=O) groups is 1. The number of hydrogen-bond donors (Lipinski definition) is 1. The molecule has 2 heterocycles. The van der Waals surface area contributed by atoms with E-state index in [-0.39, 0.29) is 11.5 Å². The fourth-order valence-corrected chi connectivity index (χ4v) is 2.85. The lowest BCUT2D eigenvalue weighted by molar-refractivity contribution is 0.102. The van der Waals surface area contributed by atoms with E-state index in [9.17, 15) is 26.7 Å². The molecule has 2 aromatic heterocycles. The quantitative estimate of drug-likeness (QED) is 0.355. The highest BCUT2D eigenvalue weighted by Gasteiger charge is 2.26. The van der Waals surface area contributed by atoms with Crippen molar-refractivity contribution in [1.82, 2.24) is 19.6 Å². The Morgan fingerprint density at radius 2 is 1.64 bits per heavy atom. The van der Waals surface area contributed by atoms with E-state index < -0.39 is 47.1 Å². The lowest BCUT2D eigenvalue weighted by Crippen LogP contribution is -2.15. The Bertz CT molecular complexity index is 1040. The minimum absolute atomic E-state index is 0.00632. The third-order valence-electron chi connectivity index (χ3n) is 3.76. The van der Waals surface area contributed by atoms with E-state index in [0.29, 0.717) is 11.0 Å². The molecular weight excluding hydrogens is 453 g/mol. The molecule has 1 N–H and O–H groups in total. The lowest BCUT2D eigenvalue weighted by atomic mass is 10.1. The van der Waals surface area contributed by atoms with Gasteiger partial charge < -0.3 is 5.32 Å². The zero-order chi connectivity index (χ0) is 20.6. The molecule has 0 atom stereocenters. The number of nitrogens with one attached hydrogen (secondary N) is 1. The van der Waals surface area contributed by atoms with Crippen LogP contribution in [0.5, 0.6) is 0 Å². The molecule has 1 aromatic carbocycles. The number of halogens is 6. The summed E-state index contributed by atoms with van der Waals surface area (Å²) in [5.74, 6) is -10.8. The maximum atomic E-state index is 13.8. The fourth-order valence-electron chi connectivity index (χ4n) is 2.36. The minimum atomic E-state index is -2.23. The number of aromatic nitrogens is 4. The Morgan fingerprint density at radius 3 is 2.21 bits per heavy atom. The summed E-state index contributed by atoms with van der Waals surface area (Å²) in [5, 5.41) is 10.3. The van der Waals surface area contributed by atoms with E-state index in [1.165, 1.54) is 16.9 Å². The first kappa shape index (κ1) is 20.0. The van der Waals surface area contributed by atoms with Crippen molar-refractivity contribution in [2.75, 3.05) is 5.32 Å². The summed E-state index contributed by atoms with van der Waals surface area (Å²) in [7, 11) is 0. The second-order valence-electron chi connectivity index (χ2n) is 5.58. The Morgan fingerprint density at radius 1 is 1.04 bits per heavy atom. The fraction of sp³-hybridized carbons (Fsp3) is 0.188. The zero-order valence-corrected chi connectivity index (χ0v) is 15.7. The standard InChI is InChI=1S/C16H11BrF5N5O/c1-2-26-6-8(17)15(25-26)16(28)23-9-3-4-27(24-9)5-7-10(18)12(20)14(22)13(21)11(7)19/h3-4,6H,2,5H2,1H3,(H,23,24,28). The van der Waals surface area contributed by atoms with Crippen molar-refractivity contribution in [3.63, 3.8) is 0 Å². The zero-order valence-electron chi connectivity index (χ0n) is 14.1. The number of anilines is 1. The molecule has 0 fully saturated rings. The third kappa shape index (κ3) is 3.63. The van der Waals surface area contributed by atoms with E-state index in [2.05, 4.69) is 31.4 Å². The maximum absolute atomic E-state index is 13.8. The van der Waals surface area contributed by atoms with Crippen LogP contribution in [0.4, 0.5) is 27.8 Å². The van der Waals surface area contributed by atoms with Crippen LogP contribution in [-0.4, -0.2) is 25.5 Å². The molecule has 0 saturated carbocycles. The van der Waals surface area contributed by atoms with Crippen molar-refractivity contribution in [1.29, 1.82) is 0 Å². The van der Waals surface area contributed by atoms with Gasteiger partial charge in [-0.25, -0.2) is 22.0 Å². The lowest BCUT2D eigenvalue weighted by Gasteiger charge is -2.08. The molecule has 12 heteroatoms. The van der Waals surface area contributed by atoms with Gasteiger partial charge in [-0.2, -0.15) is 10.2 Å². The Hall–Kier alpha value is -2.76. The first-order valence-corrected chi connectivity index (χ1v) is 8.60. The van der Waals surface area contributed by atoms with Crippen molar-refractivity contribution < 1.29 is 26.7 Å². The summed E-state index contributed by atoms with van der Waals surface area (Å²) in [6.45, 7) is 1.65. The van der Waals surface area contributed by atoms with Gasteiger partial charge in [0.15, 0.2) is 34.8 Å². The molecule has 0 bridgehead atoms. The summed E-state index contributed by atoms with van der Waals surface area (Å²) in [5.41, 5.74) is -0.946. The molecule has 148 valence electrons. The van der Waals surface area contributed by atoms with Crippen LogP contribution in [0.15, 0.2) is 22.9 Å². The maximum Gasteiger partial charge on any atom is 0.278 e. The van der Waals surface area contributed by atoms with E-state index in [0.717, 1.165) is 4.68 Å². The van der Waals surface area contributed by atoms with Gasteiger partial charge in [0, 0.05) is 25.0 Å². The van der Waals surface area contributed by atoms with Crippen molar-refractivity contribution in [3.8, 4) is 0 Å². The van der Waals surface area contributed by atoms with Gasteiger partial charge in [-0.3, -0.25) is 14.2 Å². The summed E-state index contributed by atoms with van der Waals surface area (Å²) < 4.78 is 70.1. The van der Waals surface area contributed by atoms with Crippen LogP contribution >= 0.6 is 15.9 Å². The van der Waals surface area contributed by atoms with Crippen LogP contribution in [0.3, 0.4) is 0 Å². The molecule has 0 radical (unpaired) electrons. The van der Waals surface area contributed by atoms with Gasteiger partial charge in [0.25, 0.3) is 5.91 Å². The molecule has 6 nitrogen and oxygen atoms in total. The smallest absolute Gasteiger partial charge is 0.278 e. The average Bonchev–Trinajstić information content (AvgIpc) is 3.27. The first-order valence-electron chi connectivity index (χ1n) is 7.81. The van der Waals surface area contributed by atoms with Crippen LogP contribution in [0.2, 0.25) is 0 Å². The van der Waals surface area contributed by atoms with Gasteiger partial charge in [0.2, 0.25) is 5.82 Å². The Kier molecular flexibility index (Phi) is 5.49. The Labute approximate surface area is 163 Å². The van der Waals surface area contributed by atoms with Crippen molar-refractivity contribution in [2.45, 2.75) is 20.0 Å². The predicted octanol–water partition coefficient (Wildman–Crippen LogP) is 3.86. The second-order valence-corrected chi connectivity index (χ2v) is 6.44. The van der Waals surface area contributed by atoms with Crippen LogP contribution in [0.1, 0.15) is 23.0 Å². The SMILES string of the molecule is CCn1cc(Br)c(C(=O)Nc2ccn(Cc3c(F)c(F)c(F)c(F)c3F)n2)n1. The number of rotatable bonds is 5. The van der Waals surface area contributed by atoms with Crippen LogP contribution in [0.25, 0.3) is 0 Å². The number of carbonyl (C=O) groups excluding carboxylic acids is 1. The first-order chi connectivity index (χ1) is 13.2. The third-order valence-corrected chi connectivity index (χ3v) is 4.34. The normalized spacial score (nSPS) is 11.1. The van der Waals surface area contributed by atoms with E-state index in [1.807, 2.05) is 6.92 Å². The molecule has 0 aliphatic heterocycles. The molecule has 1 amide bonds. The predicted molar refractivity (Wildman–Crippen MR) is 91.1 cm³/mol. The summed E-state index contributed by atoms with van der Waals surface area (Å²) in [4.78, 5) is 12.2. The molecule has 3 rings (SSSR count). The number of hydrogen-bond acceptors (Lipinski definition) is 3. The molecule has 0 spiro atoms. The molecule has 0 saturated heterocycles. The molecule has 0 aliphatic carbocycles. The highest BCUT2D eigenvalue weighted by Crippen LogP contribution is 2.24. The number of benzene rings is 1. The molecule has 0 aliphatic rings. The summed E-state index contributed by atoms with van der Waals surface area (Å²) >= 11 is 3.20. The van der Waals surface area contributed by atoms with Gasteiger partial charge in [-0.1, -0.05) is 0 Å². The highest BCUT2D eigenvalue weighted by atomic mass is 79.9. The van der Waals surface area contributed by atoms with Crippen molar-refractivity contribution in [2.24, 2.45) is 0 Å². The van der Waals surface area contributed by atoms with Crippen molar-refractivity contribution in [3.05, 3.63) is 63.3 Å². The van der Waals surface area contributed by atoms with E-state index >= 15 is 0 Å². The van der Waals surface area contributed by atoms with Crippen LogP contribution < -0.4 is 5.32 Å².